The Labute approximate surface area is 77.1 Å². The van der Waals surface area contributed by atoms with Crippen LogP contribution in [0.15, 0.2) is 0 Å². The van der Waals surface area contributed by atoms with Crippen LogP contribution in [0, 0.1) is 10.8 Å². The monoisotopic (exact) mass is 186 g/mol. The van der Waals surface area contributed by atoms with Gasteiger partial charge in [0, 0.05) is 0 Å². The number of carboxylic acids is 1. The summed E-state index contributed by atoms with van der Waals surface area (Å²) >= 11 is 0. The molecule has 1 N–H and O–H groups in total. The third kappa shape index (κ3) is 1.17. The van der Waals surface area contributed by atoms with Gasteiger partial charge in [-0.3, -0.25) is 9.18 Å². The van der Waals surface area contributed by atoms with Crippen LogP contribution in [0.3, 0.4) is 0 Å². The summed E-state index contributed by atoms with van der Waals surface area (Å²) in [6.45, 7) is -0.236. The molecule has 3 rings (SSSR count). The highest BCUT2D eigenvalue weighted by molar-refractivity contribution is 5.79. The molecule has 3 heteroatoms. The van der Waals surface area contributed by atoms with Crippen molar-refractivity contribution in [1.82, 2.24) is 0 Å². The predicted octanol–water partition coefficient (Wildman–Crippen LogP) is 2.38. The predicted molar refractivity (Wildman–Crippen MR) is 46.2 cm³/mol. The fourth-order valence-corrected chi connectivity index (χ4v) is 3.08. The highest BCUT2D eigenvalue weighted by Gasteiger charge is 2.70. The van der Waals surface area contributed by atoms with Crippen LogP contribution < -0.4 is 0 Å². The number of carboxylic acid groups (broad SMARTS) is 1. The van der Waals surface area contributed by atoms with E-state index in [9.17, 15) is 9.18 Å². The number of alkyl halides is 1. The number of carbonyl (C=O) groups is 1. The molecule has 3 fully saturated rings. The summed E-state index contributed by atoms with van der Waals surface area (Å²) in [5, 5.41) is 8.86. The zero-order valence-corrected chi connectivity index (χ0v) is 7.68. The molecule has 3 aliphatic carbocycles. The molecule has 0 spiro atoms. The Morgan fingerprint density at radius 3 is 2.38 bits per heavy atom. The van der Waals surface area contributed by atoms with Gasteiger partial charge in [-0.15, -0.1) is 0 Å². The summed E-state index contributed by atoms with van der Waals surface area (Å²) in [5.41, 5.74) is -0.0384. The van der Waals surface area contributed by atoms with E-state index in [1.807, 2.05) is 0 Å². The standard InChI is InChI=1S/C10H15FO2/c11-4-2-1-3-9-5-10(6-9,7-9)8(12)13/h1-7H2,(H,12,13). The van der Waals surface area contributed by atoms with E-state index < -0.39 is 5.97 Å². The van der Waals surface area contributed by atoms with E-state index in [0.717, 1.165) is 32.1 Å². The molecule has 0 saturated heterocycles. The summed E-state index contributed by atoms with van der Waals surface area (Å²) in [6.07, 6.45) is 5.14. The Balaban J connectivity index is 1.74. The Morgan fingerprint density at radius 2 is 1.92 bits per heavy atom. The van der Waals surface area contributed by atoms with E-state index in [2.05, 4.69) is 0 Å². The van der Waals surface area contributed by atoms with Crippen LogP contribution in [0.5, 0.6) is 0 Å². The summed E-state index contributed by atoms with van der Waals surface area (Å²) in [4.78, 5) is 10.8. The molecular weight excluding hydrogens is 171 g/mol. The molecule has 74 valence electrons. The molecule has 0 unspecified atom stereocenters. The quantitative estimate of drug-likeness (QED) is 0.669. The molecule has 0 amide bonds. The van der Waals surface area contributed by atoms with Crippen molar-refractivity contribution in [2.45, 2.75) is 38.5 Å². The number of hydrogen-bond donors (Lipinski definition) is 1. The van der Waals surface area contributed by atoms with Gasteiger partial charge in [0.15, 0.2) is 0 Å². The third-order valence-electron chi connectivity index (χ3n) is 3.68. The lowest BCUT2D eigenvalue weighted by molar-refractivity contribution is -0.225. The van der Waals surface area contributed by atoms with Crippen molar-refractivity contribution in [3.63, 3.8) is 0 Å². The molecule has 0 atom stereocenters. The van der Waals surface area contributed by atoms with Crippen LogP contribution in [-0.4, -0.2) is 17.8 Å². The van der Waals surface area contributed by atoms with Crippen molar-refractivity contribution in [2.75, 3.05) is 6.67 Å². The summed E-state index contributed by atoms with van der Waals surface area (Å²) in [5.74, 6) is -0.625. The molecule has 2 bridgehead atoms. The van der Waals surface area contributed by atoms with Crippen LogP contribution in [0.25, 0.3) is 0 Å². The SMILES string of the molecule is O=C(O)C12CC(CCCCF)(C1)C2. The fraction of sp³-hybridized carbons (Fsp3) is 0.900. The molecule has 0 heterocycles. The van der Waals surface area contributed by atoms with E-state index in [1.165, 1.54) is 0 Å². The summed E-state index contributed by atoms with van der Waals surface area (Å²) in [7, 11) is 0. The van der Waals surface area contributed by atoms with Crippen LogP contribution >= 0.6 is 0 Å². The van der Waals surface area contributed by atoms with E-state index >= 15 is 0 Å². The second kappa shape index (κ2) is 2.69. The summed E-state index contributed by atoms with van der Waals surface area (Å²) < 4.78 is 11.8. The first-order chi connectivity index (χ1) is 6.13. The maximum absolute atomic E-state index is 11.8. The highest BCUT2D eigenvalue weighted by atomic mass is 19.1. The highest BCUT2D eigenvalue weighted by Crippen LogP contribution is 2.75. The van der Waals surface area contributed by atoms with E-state index in [-0.39, 0.29) is 12.1 Å². The van der Waals surface area contributed by atoms with Gasteiger partial charge in [-0.25, -0.2) is 0 Å². The zero-order valence-electron chi connectivity index (χ0n) is 7.68. The first-order valence-corrected chi connectivity index (χ1v) is 4.92. The third-order valence-corrected chi connectivity index (χ3v) is 3.68. The minimum Gasteiger partial charge on any atom is -0.481 e. The lowest BCUT2D eigenvalue weighted by Gasteiger charge is -2.68. The topological polar surface area (TPSA) is 37.3 Å². The molecule has 0 aromatic carbocycles. The number of hydrogen-bond acceptors (Lipinski definition) is 1. The van der Waals surface area contributed by atoms with Gasteiger partial charge in [-0.05, 0) is 37.5 Å². The van der Waals surface area contributed by atoms with Crippen LogP contribution in [0.1, 0.15) is 38.5 Å². The Morgan fingerprint density at radius 1 is 1.31 bits per heavy atom. The Bertz CT molecular complexity index is 217. The minimum absolute atomic E-state index is 0.236. The van der Waals surface area contributed by atoms with Gasteiger partial charge in [0.1, 0.15) is 0 Å². The van der Waals surface area contributed by atoms with Crippen LogP contribution in [-0.2, 0) is 4.79 Å². The molecule has 0 aromatic heterocycles. The van der Waals surface area contributed by atoms with Crippen molar-refractivity contribution in [3.05, 3.63) is 0 Å². The van der Waals surface area contributed by atoms with Gasteiger partial charge in [0.25, 0.3) is 0 Å². The minimum atomic E-state index is -0.625. The average molecular weight is 186 g/mol. The van der Waals surface area contributed by atoms with Crippen molar-refractivity contribution in [2.24, 2.45) is 10.8 Å². The van der Waals surface area contributed by atoms with Crippen molar-refractivity contribution >= 4 is 5.97 Å². The second-order valence-electron chi connectivity index (χ2n) is 4.76. The first-order valence-electron chi connectivity index (χ1n) is 4.92. The second-order valence-corrected chi connectivity index (χ2v) is 4.76. The van der Waals surface area contributed by atoms with E-state index in [0.29, 0.717) is 11.8 Å². The van der Waals surface area contributed by atoms with Gasteiger partial charge in [0.05, 0.1) is 12.1 Å². The van der Waals surface area contributed by atoms with Crippen molar-refractivity contribution in [1.29, 1.82) is 0 Å². The zero-order chi connectivity index (χ0) is 9.53. The smallest absolute Gasteiger partial charge is 0.309 e. The van der Waals surface area contributed by atoms with E-state index in [1.54, 1.807) is 0 Å². The number of halogens is 1. The Hall–Kier alpha value is -0.600. The molecule has 3 aliphatic rings. The molecule has 13 heavy (non-hydrogen) atoms. The molecule has 0 radical (unpaired) electrons. The lowest BCUT2D eigenvalue weighted by Crippen LogP contribution is -2.65. The van der Waals surface area contributed by atoms with Crippen molar-refractivity contribution < 1.29 is 14.3 Å². The molecule has 0 aromatic rings. The average Bonchev–Trinajstić information content (AvgIpc) is 1.90. The maximum Gasteiger partial charge on any atom is 0.309 e. The molecule has 2 nitrogen and oxygen atoms in total. The van der Waals surface area contributed by atoms with Gasteiger partial charge < -0.3 is 5.11 Å². The maximum atomic E-state index is 11.8. The van der Waals surface area contributed by atoms with Gasteiger partial charge in [-0.2, -0.15) is 0 Å². The number of aliphatic carboxylic acids is 1. The van der Waals surface area contributed by atoms with Gasteiger partial charge in [0.2, 0.25) is 0 Å². The summed E-state index contributed by atoms with van der Waals surface area (Å²) in [6, 6.07) is 0. The largest absolute Gasteiger partial charge is 0.481 e. The van der Waals surface area contributed by atoms with Crippen LogP contribution in [0.4, 0.5) is 4.39 Å². The van der Waals surface area contributed by atoms with E-state index in [4.69, 9.17) is 5.11 Å². The fourth-order valence-electron chi connectivity index (χ4n) is 3.08. The Kier molecular flexibility index (Phi) is 1.86. The van der Waals surface area contributed by atoms with Crippen molar-refractivity contribution in [3.8, 4) is 0 Å². The lowest BCUT2D eigenvalue weighted by atomic mass is 9.34. The van der Waals surface area contributed by atoms with Crippen LogP contribution in [0.2, 0.25) is 0 Å². The molecule has 0 aliphatic heterocycles. The first kappa shape index (κ1) is 8.97. The molecular formula is C10H15FO2. The normalized spacial score (nSPS) is 40.7. The van der Waals surface area contributed by atoms with Gasteiger partial charge in [-0.1, -0.05) is 6.42 Å². The number of unbranched alkanes of at least 4 members (excludes halogenated alkanes) is 1. The molecule has 3 saturated carbocycles. The van der Waals surface area contributed by atoms with Gasteiger partial charge >= 0.3 is 5.97 Å². The number of rotatable bonds is 5.